The molecule has 1 aliphatic heterocycles. The van der Waals surface area contributed by atoms with Crippen LogP contribution in [0.25, 0.3) is 0 Å². The molecular weight excluding hydrogens is 307 g/mol. The number of aryl methyl sites for hydroxylation is 1. The molecule has 0 radical (unpaired) electrons. The molecule has 24 heavy (non-hydrogen) atoms. The third kappa shape index (κ3) is 4.70. The van der Waals surface area contributed by atoms with Crippen LogP contribution in [-0.2, 0) is 11.2 Å². The van der Waals surface area contributed by atoms with Crippen LogP contribution in [0.2, 0.25) is 0 Å². The molecule has 2 rings (SSSR count). The zero-order valence-electron chi connectivity index (χ0n) is 15.4. The number of likely N-dealkylation sites (tertiary alicyclic amines) is 1. The molecule has 1 saturated heterocycles. The molecule has 4 nitrogen and oxygen atoms in total. The van der Waals surface area contributed by atoms with E-state index in [1.165, 1.54) is 11.0 Å². The third-order valence-electron chi connectivity index (χ3n) is 3.74. The maximum atomic E-state index is 13.9. The van der Waals surface area contributed by atoms with Crippen LogP contribution >= 0.6 is 0 Å². The monoisotopic (exact) mass is 334 g/mol. The third-order valence-corrected chi connectivity index (χ3v) is 3.74. The summed E-state index contributed by atoms with van der Waals surface area (Å²) in [5.74, 6) is -0.301. The van der Waals surface area contributed by atoms with Gasteiger partial charge in [0.2, 0.25) is 0 Å². The number of nitrogens with zero attached hydrogens (tertiary/aromatic N) is 2. The minimum Gasteiger partial charge on any atom is -0.444 e. The van der Waals surface area contributed by atoms with Crippen molar-refractivity contribution in [1.29, 1.82) is 5.26 Å². The van der Waals surface area contributed by atoms with Crippen LogP contribution in [0.15, 0.2) is 18.2 Å². The van der Waals surface area contributed by atoms with Gasteiger partial charge in [-0.15, -0.1) is 0 Å². The zero-order chi connectivity index (χ0) is 18.5. The van der Waals surface area contributed by atoms with Gasteiger partial charge < -0.3 is 9.64 Å². The van der Waals surface area contributed by atoms with Gasteiger partial charge in [0.05, 0.1) is 11.5 Å². The average Bonchev–Trinajstić information content (AvgIpc) is 2.45. The first kappa shape index (κ1) is 20.0. The van der Waals surface area contributed by atoms with Gasteiger partial charge in [0, 0.05) is 13.1 Å². The van der Waals surface area contributed by atoms with E-state index in [2.05, 4.69) is 6.07 Å². The van der Waals surface area contributed by atoms with Crippen LogP contribution in [0.5, 0.6) is 0 Å². The minimum absolute atomic E-state index is 0.270. The lowest BCUT2D eigenvalue weighted by Crippen LogP contribution is -2.59. The van der Waals surface area contributed by atoms with E-state index in [0.717, 1.165) is 5.56 Å². The average molecular weight is 334 g/mol. The number of amides is 1. The van der Waals surface area contributed by atoms with E-state index < -0.39 is 17.1 Å². The summed E-state index contributed by atoms with van der Waals surface area (Å²) in [6.07, 6.45) is -0.120. The molecule has 5 heteroatoms. The van der Waals surface area contributed by atoms with Gasteiger partial charge in [0.15, 0.2) is 0 Å². The Labute approximate surface area is 144 Å². The first-order valence-corrected chi connectivity index (χ1v) is 8.29. The summed E-state index contributed by atoms with van der Waals surface area (Å²) in [5.41, 5.74) is 0.0757. The zero-order valence-corrected chi connectivity index (χ0v) is 15.4. The molecule has 1 aliphatic rings. The second kappa shape index (κ2) is 7.65. The summed E-state index contributed by atoms with van der Waals surface area (Å²) in [6, 6.07) is 7.13. The molecule has 1 amide bonds. The predicted molar refractivity (Wildman–Crippen MR) is 92.0 cm³/mol. The summed E-state index contributed by atoms with van der Waals surface area (Å²) >= 11 is 0. The number of halogens is 1. The maximum absolute atomic E-state index is 13.9. The van der Waals surface area contributed by atoms with Gasteiger partial charge in [-0.25, -0.2) is 9.18 Å². The number of hydrogen-bond donors (Lipinski definition) is 0. The fourth-order valence-electron chi connectivity index (χ4n) is 2.59. The van der Waals surface area contributed by atoms with Crippen molar-refractivity contribution in [1.82, 2.24) is 4.90 Å². The smallest absolute Gasteiger partial charge is 0.410 e. The second-order valence-electron chi connectivity index (χ2n) is 6.94. The summed E-state index contributed by atoms with van der Waals surface area (Å²) in [4.78, 5) is 13.4. The quantitative estimate of drug-likeness (QED) is 0.802. The Morgan fingerprint density at radius 2 is 1.96 bits per heavy atom. The predicted octanol–water partition coefficient (Wildman–Crippen LogP) is 4.46. The lowest BCUT2D eigenvalue weighted by molar-refractivity contribution is -0.0163. The topological polar surface area (TPSA) is 53.3 Å². The van der Waals surface area contributed by atoms with E-state index in [4.69, 9.17) is 4.74 Å². The van der Waals surface area contributed by atoms with Gasteiger partial charge in [-0.2, -0.15) is 5.26 Å². The molecule has 0 saturated carbocycles. The minimum atomic E-state index is -0.732. The highest BCUT2D eigenvalue weighted by atomic mass is 19.1. The standard InChI is InChI=1S/C17H21FN2O2.C2H6/c1-12-6-5-7-14(18)13(12)8-17(9-19)10-20(11-17)15(21)22-16(2,3)4;1-2/h5-7H,8,10-11H2,1-4H3;1-2H3. The highest BCUT2D eigenvalue weighted by Crippen LogP contribution is 2.36. The van der Waals surface area contributed by atoms with Crippen LogP contribution in [0.4, 0.5) is 9.18 Å². The maximum Gasteiger partial charge on any atom is 0.410 e. The summed E-state index contributed by atoms with van der Waals surface area (Å²) < 4.78 is 19.2. The molecule has 1 aromatic rings. The number of ether oxygens (including phenoxy) is 1. The van der Waals surface area contributed by atoms with Gasteiger partial charge in [-0.3, -0.25) is 0 Å². The Kier molecular flexibility index (Phi) is 6.36. The Morgan fingerprint density at radius 1 is 1.38 bits per heavy atom. The number of benzene rings is 1. The first-order chi connectivity index (χ1) is 11.2. The van der Waals surface area contributed by atoms with Gasteiger partial charge in [0.1, 0.15) is 11.4 Å². The lowest BCUT2D eigenvalue weighted by atomic mass is 9.75. The lowest BCUT2D eigenvalue weighted by Gasteiger charge is -2.45. The molecule has 1 fully saturated rings. The molecule has 0 N–H and O–H groups in total. The van der Waals surface area contributed by atoms with Crippen LogP contribution in [0, 0.1) is 29.5 Å². The van der Waals surface area contributed by atoms with Crippen molar-refractivity contribution in [2.45, 2.75) is 53.6 Å². The van der Waals surface area contributed by atoms with E-state index in [1.807, 2.05) is 26.8 Å². The van der Waals surface area contributed by atoms with Crippen LogP contribution in [-0.4, -0.2) is 29.7 Å². The van der Waals surface area contributed by atoms with Crippen molar-refractivity contribution in [3.63, 3.8) is 0 Å². The number of rotatable bonds is 2. The molecule has 132 valence electrons. The van der Waals surface area contributed by atoms with Crippen LogP contribution < -0.4 is 0 Å². The number of hydrogen-bond acceptors (Lipinski definition) is 3. The Bertz CT molecular complexity index is 603. The normalized spacial score (nSPS) is 15.5. The van der Waals surface area contributed by atoms with Crippen molar-refractivity contribution >= 4 is 6.09 Å². The molecule has 0 aliphatic carbocycles. The van der Waals surface area contributed by atoms with Gasteiger partial charge in [-0.1, -0.05) is 26.0 Å². The first-order valence-electron chi connectivity index (χ1n) is 8.29. The van der Waals surface area contributed by atoms with Crippen molar-refractivity contribution in [2.75, 3.05) is 13.1 Å². The van der Waals surface area contributed by atoms with E-state index in [9.17, 15) is 14.4 Å². The molecule has 0 spiro atoms. The SMILES string of the molecule is CC.Cc1cccc(F)c1CC1(C#N)CN(C(=O)OC(C)(C)C)C1. The van der Waals surface area contributed by atoms with Gasteiger partial charge >= 0.3 is 6.09 Å². The number of nitriles is 1. The Balaban J connectivity index is 0.00000139. The molecule has 0 bridgehead atoms. The van der Waals surface area contributed by atoms with Crippen molar-refractivity contribution in [3.8, 4) is 6.07 Å². The fourth-order valence-corrected chi connectivity index (χ4v) is 2.59. The number of carbonyl (C=O) groups is 1. The van der Waals surface area contributed by atoms with E-state index in [1.54, 1.807) is 26.8 Å². The second-order valence-corrected chi connectivity index (χ2v) is 6.94. The molecule has 0 unspecified atom stereocenters. The van der Waals surface area contributed by atoms with Gasteiger partial charge in [0.25, 0.3) is 0 Å². The summed E-state index contributed by atoms with van der Waals surface area (Å²) in [7, 11) is 0. The van der Waals surface area contributed by atoms with Gasteiger partial charge in [-0.05, 0) is 51.3 Å². The van der Waals surface area contributed by atoms with Crippen molar-refractivity contribution in [3.05, 3.63) is 35.1 Å². The molecular formula is C19H27FN2O2. The van der Waals surface area contributed by atoms with Crippen LogP contribution in [0.1, 0.15) is 45.7 Å². The molecule has 0 atom stereocenters. The molecule has 0 aromatic heterocycles. The number of carbonyl (C=O) groups excluding carboxylic acids is 1. The van der Waals surface area contributed by atoms with E-state index in [0.29, 0.717) is 12.0 Å². The highest BCUT2D eigenvalue weighted by Gasteiger charge is 2.47. The van der Waals surface area contributed by atoms with E-state index >= 15 is 0 Å². The van der Waals surface area contributed by atoms with Crippen molar-refractivity contribution in [2.24, 2.45) is 5.41 Å². The van der Waals surface area contributed by atoms with Crippen LogP contribution in [0.3, 0.4) is 0 Å². The highest BCUT2D eigenvalue weighted by molar-refractivity contribution is 5.69. The summed E-state index contributed by atoms with van der Waals surface area (Å²) in [5, 5.41) is 9.46. The molecule has 1 heterocycles. The Morgan fingerprint density at radius 3 is 2.42 bits per heavy atom. The summed E-state index contributed by atoms with van der Waals surface area (Å²) in [6.45, 7) is 11.8. The Hall–Kier alpha value is -2.09. The fraction of sp³-hybridized carbons (Fsp3) is 0.579. The van der Waals surface area contributed by atoms with Crippen molar-refractivity contribution < 1.29 is 13.9 Å². The molecule has 1 aromatic carbocycles. The largest absolute Gasteiger partial charge is 0.444 e. The van der Waals surface area contributed by atoms with E-state index in [-0.39, 0.29) is 18.9 Å².